The molecule has 1 atom stereocenters. The molecule has 0 aromatic heterocycles. The monoisotopic (exact) mass is 199 g/mol. The zero-order valence-electron chi connectivity index (χ0n) is 7.63. The maximum Gasteiger partial charge on any atom is 0.0456 e. The summed E-state index contributed by atoms with van der Waals surface area (Å²) >= 11 is 6.00. The smallest absolute Gasteiger partial charge is 0.0456 e. The molecule has 3 N–H and O–H groups in total. The van der Waals surface area contributed by atoms with Gasteiger partial charge in [-0.3, -0.25) is 0 Å². The fraction of sp³-hybridized carbons (Fsp3) is 0.400. The van der Waals surface area contributed by atoms with Crippen LogP contribution < -0.4 is 5.73 Å². The zero-order chi connectivity index (χ0) is 9.84. The van der Waals surface area contributed by atoms with Crippen LogP contribution in [-0.2, 0) is 0 Å². The van der Waals surface area contributed by atoms with E-state index in [1.807, 2.05) is 25.1 Å². The summed E-state index contributed by atoms with van der Waals surface area (Å²) in [5, 5.41) is 9.44. The average molecular weight is 200 g/mol. The first-order chi connectivity index (χ1) is 6.16. The van der Waals surface area contributed by atoms with Gasteiger partial charge in [-0.25, -0.2) is 0 Å². The minimum Gasteiger partial charge on any atom is -0.396 e. The first kappa shape index (κ1) is 10.5. The highest BCUT2D eigenvalue weighted by Gasteiger charge is 2.11. The Hall–Kier alpha value is -0.570. The molecule has 0 spiro atoms. The van der Waals surface area contributed by atoms with Crippen LogP contribution in [0.4, 0.5) is 0 Å². The molecule has 0 unspecified atom stereocenters. The molecule has 0 radical (unpaired) electrons. The number of rotatable bonds is 3. The molecule has 0 aliphatic heterocycles. The Kier molecular flexibility index (Phi) is 3.72. The van der Waals surface area contributed by atoms with E-state index < -0.39 is 0 Å². The molecule has 0 aliphatic carbocycles. The van der Waals surface area contributed by atoms with E-state index in [0.29, 0.717) is 11.4 Å². The molecule has 0 heterocycles. The van der Waals surface area contributed by atoms with Gasteiger partial charge >= 0.3 is 0 Å². The number of halogens is 1. The van der Waals surface area contributed by atoms with Gasteiger partial charge in [-0.2, -0.15) is 0 Å². The first-order valence-electron chi connectivity index (χ1n) is 4.28. The first-order valence-corrected chi connectivity index (χ1v) is 4.66. The highest BCUT2D eigenvalue weighted by Crippen LogP contribution is 2.26. The molecule has 0 amide bonds. The van der Waals surface area contributed by atoms with Crippen molar-refractivity contribution in [1.82, 2.24) is 0 Å². The molecule has 72 valence electrons. The summed E-state index contributed by atoms with van der Waals surface area (Å²) in [6, 6.07) is 5.52. The summed E-state index contributed by atoms with van der Waals surface area (Å²) in [4.78, 5) is 0. The van der Waals surface area contributed by atoms with Gasteiger partial charge in [-0.05, 0) is 30.5 Å². The summed E-state index contributed by atoms with van der Waals surface area (Å²) < 4.78 is 0. The second-order valence-corrected chi connectivity index (χ2v) is 3.50. The van der Waals surface area contributed by atoms with Crippen LogP contribution >= 0.6 is 11.6 Å². The van der Waals surface area contributed by atoms with Crippen LogP contribution in [0, 0.1) is 6.92 Å². The SMILES string of the molecule is Cc1cccc(Cl)c1[C@@H](N)CCO. The minimum absolute atomic E-state index is 0.0891. The van der Waals surface area contributed by atoms with Crippen LogP contribution in [-0.4, -0.2) is 11.7 Å². The maximum absolute atomic E-state index is 8.76. The molecular formula is C10H14ClNO. The Labute approximate surface area is 83.3 Å². The molecule has 0 saturated carbocycles. The van der Waals surface area contributed by atoms with Crippen molar-refractivity contribution < 1.29 is 5.11 Å². The summed E-state index contributed by atoms with van der Waals surface area (Å²) in [6.45, 7) is 2.06. The molecular weight excluding hydrogens is 186 g/mol. The van der Waals surface area contributed by atoms with Crippen molar-refractivity contribution in [2.45, 2.75) is 19.4 Å². The summed E-state index contributed by atoms with van der Waals surface area (Å²) in [5.41, 5.74) is 7.88. The van der Waals surface area contributed by atoms with E-state index in [4.69, 9.17) is 22.4 Å². The van der Waals surface area contributed by atoms with Crippen LogP contribution in [0.25, 0.3) is 0 Å². The Morgan fingerprint density at radius 3 is 2.77 bits per heavy atom. The lowest BCUT2D eigenvalue weighted by molar-refractivity contribution is 0.276. The van der Waals surface area contributed by atoms with Gasteiger partial charge in [-0.1, -0.05) is 23.7 Å². The van der Waals surface area contributed by atoms with E-state index in [9.17, 15) is 0 Å². The average Bonchev–Trinajstić information content (AvgIpc) is 2.04. The Bertz CT molecular complexity index is 268. The van der Waals surface area contributed by atoms with Crippen molar-refractivity contribution in [3.8, 4) is 0 Å². The topological polar surface area (TPSA) is 46.2 Å². The van der Waals surface area contributed by atoms with Gasteiger partial charge in [-0.15, -0.1) is 0 Å². The molecule has 0 fully saturated rings. The van der Waals surface area contributed by atoms with E-state index in [0.717, 1.165) is 11.1 Å². The van der Waals surface area contributed by atoms with Crippen LogP contribution in [0.1, 0.15) is 23.6 Å². The second kappa shape index (κ2) is 4.61. The Morgan fingerprint density at radius 2 is 2.23 bits per heavy atom. The summed E-state index contributed by atoms with van der Waals surface area (Å²) in [5.74, 6) is 0. The van der Waals surface area contributed by atoms with Gasteiger partial charge in [0.05, 0.1) is 0 Å². The molecule has 1 rings (SSSR count). The fourth-order valence-electron chi connectivity index (χ4n) is 1.40. The van der Waals surface area contributed by atoms with Crippen LogP contribution in [0.5, 0.6) is 0 Å². The molecule has 0 bridgehead atoms. The second-order valence-electron chi connectivity index (χ2n) is 3.09. The largest absolute Gasteiger partial charge is 0.396 e. The number of nitrogens with two attached hydrogens (primary N) is 1. The van der Waals surface area contributed by atoms with Crippen molar-refractivity contribution in [3.05, 3.63) is 34.3 Å². The van der Waals surface area contributed by atoms with E-state index >= 15 is 0 Å². The summed E-state index contributed by atoms with van der Waals surface area (Å²) in [6.07, 6.45) is 0.546. The maximum atomic E-state index is 8.76. The lowest BCUT2D eigenvalue weighted by atomic mass is 10.00. The minimum atomic E-state index is -0.168. The number of aliphatic hydroxyl groups excluding tert-OH is 1. The molecule has 3 heteroatoms. The number of hydrogen-bond donors (Lipinski definition) is 2. The van der Waals surface area contributed by atoms with Crippen molar-refractivity contribution >= 4 is 11.6 Å². The van der Waals surface area contributed by atoms with Gasteiger partial charge in [0.2, 0.25) is 0 Å². The molecule has 0 aliphatic rings. The lowest BCUT2D eigenvalue weighted by Crippen LogP contribution is -2.13. The van der Waals surface area contributed by atoms with E-state index in [2.05, 4.69) is 0 Å². The van der Waals surface area contributed by atoms with Crippen molar-refractivity contribution in [2.75, 3.05) is 6.61 Å². The predicted octanol–water partition coefficient (Wildman–Crippen LogP) is 2.03. The van der Waals surface area contributed by atoms with Gasteiger partial charge in [0.1, 0.15) is 0 Å². The fourth-order valence-corrected chi connectivity index (χ4v) is 1.76. The molecule has 0 saturated heterocycles. The van der Waals surface area contributed by atoms with E-state index in [1.54, 1.807) is 0 Å². The lowest BCUT2D eigenvalue weighted by Gasteiger charge is -2.14. The number of aliphatic hydroxyl groups is 1. The van der Waals surface area contributed by atoms with E-state index in [-0.39, 0.29) is 12.6 Å². The Morgan fingerprint density at radius 1 is 1.54 bits per heavy atom. The standard InChI is InChI=1S/C10H14ClNO/c1-7-3-2-4-8(11)10(7)9(12)5-6-13/h2-4,9,13H,5-6,12H2,1H3/t9-/m0/s1. The molecule has 2 nitrogen and oxygen atoms in total. The van der Waals surface area contributed by atoms with Crippen LogP contribution in [0.15, 0.2) is 18.2 Å². The van der Waals surface area contributed by atoms with E-state index in [1.165, 1.54) is 0 Å². The van der Waals surface area contributed by atoms with Gasteiger partial charge in [0.25, 0.3) is 0 Å². The van der Waals surface area contributed by atoms with Crippen LogP contribution in [0.3, 0.4) is 0 Å². The number of hydrogen-bond acceptors (Lipinski definition) is 2. The zero-order valence-corrected chi connectivity index (χ0v) is 8.38. The third kappa shape index (κ3) is 2.44. The van der Waals surface area contributed by atoms with Crippen LogP contribution in [0.2, 0.25) is 5.02 Å². The highest BCUT2D eigenvalue weighted by atomic mass is 35.5. The number of aryl methyl sites for hydroxylation is 1. The van der Waals surface area contributed by atoms with Gasteiger partial charge in [0, 0.05) is 17.7 Å². The number of benzene rings is 1. The highest BCUT2D eigenvalue weighted by molar-refractivity contribution is 6.31. The quantitative estimate of drug-likeness (QED) is 0.783. The van der Waals surface area contributed by atoms with Gasteiger partial charge in [0.15, 0.2) is 0 Å². The van der Waals surface area contributed by atoms with Gasteiger partial charge < -0.3 is 10.8 Å². The normalized spacial score (nSPS) is 12.9. The Balaban J connectivity index is 2.98. The van der Waals surface area contributed by atoms with Crippen molar-refractivity contribution in [2.24, 2.45) is 5.73 Å². The summed E-state index contributed by atoms with van der Waals surface area (Å²) in [7, 11) is 0. The van der Waals surface area contributed by atoms with Crippen molar-refractivity contribution in [3.63, 3.8) is 0 Å². The molecule has 13 heavy (non-hydrogen) atoms. The third-order valence-corrected chi connectivity index (χ3v) is 2.41. The molecule has 1 aromatic carbocycles. The third-order valence-electron chi connectivity index (χ3n) is 2.08. The van der Waals surface area contributed by atoms with Crippen molar-refractivity contribution in [1.29, 1.82) is 0 Å². The predicted molar refractivity (Wildman–Crippen MR) is 54.8 cm³/mol. The molecule has 1 aromatic rings.